The van der Waals surface area contributed by atoms with Crippen LogP contribution in [0.4, 0.5) is 0 Å². The van der Waals surface area contributed by atoms with Gasteiger partial charge in [0.05, 0.1) is 42.7 Å². The summed E-state index contributed by atoms with van der Waals surface area (Å²) in [5, 5.41) is 0.535. The molecule has 0 fully saturated rings. The monoisotopic (exact) mass is 498 g/mol. The molecule has 0 spiro atoms. The summed E-state index contributed by atoms with van der Waals surface area (Å²) >= 11 is 7.55. The number of thiazole rings is 1. The summed E-state index contributed by atoms with van der Waals surface area (Å²) in [4.78, 5) is 31.7. The van der Waals surface area contributed by atoms with Gasteiger partial charge in [-0.2, -0.15) is 0 Å². The lowest BCUT2D eigenvalue weighted by atomic mass is 9.95. The first-order valence-corrected chi connectivity index (χ1v) is 11.7. The van der Waals surface area contributed by atoms with Crippen LogP contribution in [0.2, 0.25) is 5.02 Å². The lowest BCUT2D eigenvalue weighted by molar-refractivity contribution is -0.139. The lowest BCUT2D eigenvalue weighted by Gasteiger charge is -2.25. The minimum atomic E-state index is -0.747. The van der Waals surface area contributed by atoms with Gasteiger partial charge in [-0.15, -0.1) is 0 Å². The van der Waals surface area contributed by atoms with Gasteiger partial charge < -0.3 is 14.2 Å². The molecule has 0 bridgehead atoms. The first kappa shape index (κ1) is 23.8. The highest BCUT2D eigenvalue weighted by Crippen LogP contribution is 2.36. The molecule has 1 aliphatic rings. The molecule has 1 atom stereocenters. The van der Waals surface area contributed by atoms with Crippen molar-refractivity contribution in [2.24, 2.45) is 4.99 Å². The van der Waals surface area contributed by atoms with E-state index in [0.29, 0.717) is 42.7 Å². The average molecular weight is 499 g/mol. The second-order valence-corrected chi connectivity index (χ2v) is 8.85. The van der Waals surface area contributed by atoms with Crippen molar-refractivity contribution in [1.82, 2.24) is 4.57 Å². The van der Waals surface area contributed by atoms with Crippen molar-refractivity contribution < 1.29 is 19.0 Å². The number of hydrogen-bond acceptors (Lipinski definition) is 7. The summed E-state index contributed by atoms with van der Waals surface area (Å²) in [6.45, 7) is 3.67. The van der Waals surface area contributed by atoms with Crippen molar-refractivity contribution in [2.45, 2.75) is 19.9 Å². The molecular formula is C25H23ClN2O5S. The van der Waals surface area contributed by atoms with Crippen molar-refractivity contribution in [1.29, 1.82) is 0 Å². The molecule has 3 aromatic rings. The van der Waals surface area contributed by atoms with E-state index in [0.717, 1.165) is 5.56 Å². The maximum atomic E-state index is 13.6. The number of carbonyl (C=O) groups excluding carboxylic acids is 1. The van der Waals surface area contributed by atoms with Crippen molar-refractivity contribution >= 4 is 35.0 Å². The predicted octanol–water partition coefficient (Wildman–Crippen LogP) is 3.47. The van der Waals surface area contributed by atoms with Gasteiger partial charge in [-0.05, 0) is 49.2 Å². The molecule has 0 saturated carbocycles. The quantitative estimate of drug-likeness (QED) is 0.486. The third kappa shape index (κ3) is 4.26. The van der Waals surface area contributed by atoms with E-state index >= 15 is 0 Å². The van der Waals surface area contributed by atoms with Gasteiger partial charge in [0.25, 0.3) is 5.56 Å². The maximum absolute atomic E-state index is 13.6. The number of carbonyl (C=O) groups is 1. The molecule has 0 amide bonds. The van der Waals surface area contributed by atoms with Crippen molar-refractivity contribution in [2.75, 3.05) is 20.8 Å². The van der Waals surface area contributed by atoms with Crippen LogP contribution < -0.4 is 24.4 Å². The van der Waals surface area contributed by atoms with E-state index in [9.17, 15) is 9.59 Å². The van der Waals surface area contributed by atoms with Gasteiger partial charge in [-0.3, -0.25) is 9.36 Å². The van der Waals surface area contributed by atoms with Gasteiger partial charge in [0.15, 0.2) is 16.3 Å². The smallest absolute Gasteiger partial charge is 0.338 e. The Bertz CT molecular complexity index is 1470. The minimum absolute atomic E-state index is 0.200. The van der Waals surface area contributed by atoms with Gasteiger partial charge >= 0.3 is 5.97 Å². The van der Waals surface area contributed by atoms with Crippen molar-refractivity contribution in [3.63, 3.8) is 0 Å². The van der Waals surface area contributed by atoms with Crippen LogP contribution in [0.5, 0.6) is 11.5 Å². The first-order valence-electron chi connectivity index (χ1n) is 10.6. The Morgan fingerprint density at radius 2 is 1.91 bits per heavy atom. The average Bonchev–Trinajstić information content (AvgIpc) is 3.13. The number of methoxy groups -OCH3 is 2. The molecule has 0 aliphatic carbocycles. The molecule has 34 heavy (non-hydrogen) atoms. The first-order chi connectivity index (χ1) is 16.4. The van der Waals surface area contributed by atoms with Crippen LogP contribution in [0.3, 0.4) is 0 Å². The largest absolute Gasteiger partial charge is 0.493 e. The minimum Gasteiger partial charge on any atom is -0.493 e. The normalized spacial score (nSPS) is 15.6. The zero-order chi connectivity index (χ0) is 24.4. The van der Waals surface area contributed by atoms with Crippen LogP contribution in [0.25, 0.3) is 6.08 Å². The number of aromatic nitrogens is 1. The summed E-state index contributed by atoms with van der Waals surface area (Å²) in [5.74, 6) is 0.496. The summed E-state index contributed by atoms with van der Waals surface area (Å²) in [5.41, 5.74) is 1.89. The van der Waals surface area contributed by atoms with Gasteiger partial charge in [-0.1, -0.05) is 47.2 Å². The molecule has 0 N–H and O–H groups in total. The van der Waals surface area contributed by atoms with E-state index in [4.69, 9.17) is 25.8 Å². The second-order valence-electron chi connectivity index (χ2n) is 7.44. The summed E-state index contributed by atoms with van der Waals surface area (Å²) < 4.78 is 18.1. The Kier molecular flexibility index (Phi) is 6.90. The van der Waals surface area contributed by atoms with Crippen LogP contribution in [0, 0.1) is 0 Å². The zero-order valence-corrected chi connectivity index (χ0v) is 20.7. The third-order valence-corrected chi connectivity index (χ3v) is 6.76. The number of rotatable bonds is 6. The second kappa shape index (κ2) is 9.87. The van der Waals surface area contributed by atoms with Gasteiger partial charge in [0.2, 0.25) is 0 Å². The number of nitrogens with zero attached hydrogens (tertiary/aromatic N) is 2. The maximum Gasteiger partial charge on any atom is 0.338 e. The summed E-state index contributed by atoms with van der Waals surface area (Å²) in [6.07, 6.45) is 1.74. The standard InChI is InChI=1S/C25H23ClN2O5S/c1-5-33-24(30)21-14(2)27-25-28(22(21)16-10-11-18(31-3)19(12-16)32-4)23(29)20(34-25)13-15-8-6-7-9-17(15)26/h6-13,22H,5H2,1-4H3/b20-13-/t22-/m1/s1. The summed E-state index contributed by atoms with van der Waals surface area (Å²) in [7, 11) is 3.08. The molecule has 1 aliphatic heterocycles. The van der Waals surface area contributed by atoms with Crippen LogP contribution in [-0.2, 0) is 9.53 Å². The van der Waals surface area contributed by atoms with E-state index < -0.39 is 12.0 Å². The van der Waals surface area contributed by atoms with E-state index in [1.54, 1.807) is 51.3 Å². The fourth-order valence-electron chi connectivity index (χ4n) is 3.86. The summed E-state index contributed by atoms with van der Waals surface area (Å²) in [6, 6.07) is 11.8. The van der Waals surface area contributed by atoms with Crippen molar-refractivity contribution in [3.05, 3.63) is 89.6 Å². The van der Waals surface area contributed by atoms with Crippen molar-refractivity contribution in [3.8, 4) is 11.5 Å². The topological polar surface area (TPSA) is 79.1 Å². The Labute approximate surface area is 205 Å². The number of esters is 1. The highest BCUT2D eigenvalue weighted by atomic mass is 35.5. The Hall–Kier alpha value is -3.36. The SMILES string of the molecule is CCOC(=O)C1=C(C)N=c2s/c(=C\c3ccccc3Cl)c(=O)n2[C@@H]1c1ccc(OC)c(OC)c1. The molecule has 7 nitrogen and oxygen atoms in total. The highest BCUT2D eigenvalue weighted by Gasteiger charge is 2.33. The van der Waals surface area contributed by atoms with Crippen LogP contribution in [-0.4, -0.2) is 31.4 Å². The van der Waals surface area contributed by atoms with E-state index in [1.165, 1.54) is 23.0 Å². The molecule has 4 rings (SSSR count). The molecule has 9 heteroatoms. The van der Waals surface area contributed by atoms with Crippen LogP contribution in [0.1, 0.15) is 31.0 Å². The number of fused-ring (bicyclic) bond motifs is 1. The van der Waals surface area contributed by atoms with E-state index in [-0.39, 0.29) is 12.2 Å². The molecule has 1 aromatic heterocycles. The van der Waals surface area contributed by atoms with E-state index in [1.807, 2.05) is 18.2 Å². The number of ether oxygens (including phenoxy) is 3. The lowest BCUT2D eigenvalue weighted by Crippen LogP contribution is -2.40. The highest BCUT2D eigenvalue weighted by molar-refractivity contribution is 7.07. The van der Waals surface area contributed by atoms with Crippen LogP contribution in [0.15, 0.2) is 63.5 Å². The molecule has 2 heterocycles. The fraction of sp³-hybridized carbons (Fsp3) is 0.240. The number of hydrogen-bond donors (Lipinski definition) is 0. The van der Waals surface area contributed by atoms with E-state index in [2.05, 4.69) is 4.99 Å². The Balaban J connectivity index is 1.99. The fourth-order valence-corrected chi connectivity index (χ4v) is 5.09. The van der Waals surface area contributed by atoms with Gasteiger partial charge in [0, 0.05) is 5.02 Å². The molecule has 2 aromatic carbocycles. The van der Waals surface area contributed by atoms with Gasteiger partial charge in [-0.25, -0.2) is 9.79 Å². The predicted molar refractivity (Wildman–Crippen MR) is 131 cm³/mol. The third-order valence-electron chi connectivity index (χ3n) is 5.43. The Morgan fingerprint density at radius 1 is 1.18 bits per heavy atom. The number of allylic oxidation sites excluding steroid dienone is 1. The molecule has 0 unspecified atom stereocenters. The Morgan fingerprint density at radius 3 is 2.59 bits per heavy atom. The molecular weight excluding hydrogens is 476 g/mol. The zero-order valence-electron chi connectivity index (χ0n) is 19.1. The molecule has 0 radical (unpaired) electrons. The molecule has 176 valence electrons. The number of benzene rings is 2. The molecule has 0 saturated heterocycles. The van der Waals surface area contributed by atoms with Crippen LogP contribution >= 0.6 is 22.9 Å². The number of halogens is 1. The van der Waals surface area contributed by atoms with Gasteiger partial charge in [0.1, 0.15) is 0 Å².